The van der Waals surface area contributed by atoms with Gasteiger partial charge >= 0.3 is 0 Å². The van der Waals surface area contributed by atoms with Crippen LogP contribution in [0.4, 0.5) is 0 Å². The molecule has 3 heteroatoms. The van der Waals surface area contributed by atoms with E-state index in [9.17, 15) is 0 Å². The third kappa shape index (κ3) is 1.75. The van der Waals surface area contributed by atoms with Crippen LogP contribution in [-0.2, 0) is 0 Å². The highest BCUT2D eigenvalue weighted by atomic mass is 35.5. The van der Waals surface area contributed by atoms with E-state index < -0.39 is 0 Å². The van der Waals surface area contributed by atoms with Crippen molar-refractivity contribution < 1.29 is 0 Å². The molecular formula is C11H11ClN2. The molecule has 1 N–H and O–H groups in total. The first kappa shape index (κ1) is 9.51. The van der Waals surface area contributed by atoms with E-state index in [4.69, 9.17) is 16.9 Å². The van der Waals surface area contributed by atoms with Crippen molar-refractivity contribution in [2.45, 2.75) is 12.3 Å². The van der Waals surface area contributed by atoms with Gasteiger partial charge in [0.05, 0.1) is 11.6 Å². The van der Waals surface area contributed by atoms with Gasteiger partial charge in [0.2, 0.25) is 0 Å². The van der Waals surface area contributed by atoms with E-state index >= 15 is 0 Å². The van der Waals surface area contributed by atoms with E-state index in [0.29, 0.717) is 10.9 Å². The minimum atomic E-state index is 0.448. The van der Waals surface area contributed by atoms with E-state index in [-0.39, 0.29) is 0 Å². The van der Waals surface area contributed by atoms with Gasteiger partial charge in [-0.25, -0.2) is 0 Å². The fourth-order valence-electron chi connectivity index (χ4n) is 1.89. The van der Waals surface area contributed by atoms with Crippen LogP contribution in [0, 0.1) is 11.3 Å². The molecule has 0 radical (unpaired) electrons. The molecule has 1 atom stereocenters. The Bertz CT molecular complexity index is 375. The lowest BCUT2D eigenvalue weighted by molar-refractivity contribution is 0.761. The maximum atomic E-state index is 8.96. The number of rotatable bonds is 1. The molecule has 0 amide bonds. The summed E-state index contributed by atoms with van der Waals surface area (Å²) in [6.07, 6.45) is 1.09. The van der Waals surface area contributed by atoms with Gasteiger partial charge in [-0.15, -0.1) is 0 Å². The van der Waals surface area contributed by atoms with Crippen LogP contribution in [0.5, 0.6) is 0 Å². The maximum absolute atomic E-state index is 8.96. The molecule has 2 rings (SSSR count). The molecule has 0 aromatic heterocycles. The molecule has 2 nitrogen and oxygen atoms in total. The Morgan fingerprint density at radius 3 is 3.00 bits per heavy atom. The van der Waals surface area contributed by atoms with Crippen molar-refractivity contribution in [2.24, 2.45) is 0 Å². The topological polar surface area (TPSA) is 35.8 Å². The number of nitriles is 1. The smallest absolute Gasteiger partial charge is 0.0994 e. The predicted octanol–water partition coefficient (Wildman–Crippen LogP) is 2.29. The Balaban J connectivity index is 2.39. The lowest BCUT2D eigenvalue weighted by Gasteiger charge is -2.10. The van der Waals surface area contributed by atoms with Gasteiger partial charge in [0.25, 0.3) is 0 Å². The number of benzene rings is 1. The second-order valence-electron chi connectivity index (χ2n) is 3.53. The lowest BCUT2D eigenvalue weighted by atomic mass is 9.94. The zero-order chi connectivity index (χ0) is 9.97. The van der Waals surface area contributed by atoms with Crippen molar-refractivity contribution in [1.29, 1.82) is 5.26 Å². The summed E-state index contributed by atoms with van der Waals surface area (Å²) in [5.74, 6) is 0.448. The standard InChI is InChI=1S/C11H11ClN2/c12-10-2-1-8(6-13)11(5-10)9-3-4-14-7-9/h1-2,5,9,14H,3-4,7H2/t9-/m0/s1. The first-order valence-electron chi connectivity index (χ1n) is 4.71. The Labute approximate surface area is 88.5 Å². The molecule has 1 saturated heterocycles. The molecule has 1 heterocycles. The minimum absolute atomic E-state index is 0.448. The monoisotopic (exact) mass is 206 g/mol. The lowest BCUT2D eigenvalue weighted by Crippen LogP contribution is -2.08. The van der Waals surface area contributed by atoms with Gasteiger partial charge in [0.1, 0.15) is 0 Å². The molecule has 0 aliphatic carbocycles. The van der Waals surface area contributed by atoms with E-state index in [1.165, 1.54) is 0 Å². The fourth-order valence-corrected chi connectivity index (χ4v) is 2.07. The second kappa shape index (κ2) is 4.00. The van der Waals surface area contributed by atoms with Gasteiger partial charge in [-0.2, -0.15) is 5.26 Å². The molecular weight excluding hydrogens is 196 g/mol. The van der Waals surface area contributed by atoms with Crippen molar-refractivity contribution in [1.82, 2.24) is 5.32 Å². The molecule has 0 saturated carbocycles. The molecule has 0 spiro atoms. The Morgan fingerprint density at radius 1 is 1.50 bits per heavy atom. The molecule has 0 unspecified atom stereocenters. The first-order chi connectivity index (χ1) is 6.81. The first-order valence-corrected chi connectivity index (χ1v) is 5.09. The van der Waals surface area contributed by atoms with Crippen LogP contribution in [-0.4, -0.2) is 13.1 Å². The van der Waals surface area contributed by atoms with Crippen molar-refractivity contribution in [3.05, 3.63) is 34.3 Å². The fraction of sp³-hybridized carbons (Fsp3) is 0.364. The zero-order valence-corrected chi connectivity index (χ0v) is 8.51. The van der Waals surface area contributed by atoms with Crippen molar-refractivity contribution in [3.8, 4) is 6.07 Å². The van der Waals surface area contributed by atoms with Crippen LogP contribution in [0.15, 0.2) is 18.2 Å². The average molecular weight is 207 g/mol. The zero-order valence-electron chi connectivity index (χ0n) is 7.76. The van der Waals surface area contributed by atoms with Crippen molar-refractivity contribution in [2.75, 3.05) is 13.1 Å². The number of nitrogens with one attached hydrogen (secondary N) is 1. The van der Waals surface area contributed by atoms with Crippen molar-refractivity contribution >= 4 is 11.6 Å². The minimum Gasteiger partial charge on any atom is -0.316 e. The molecule has 14 heavy (non-hydrogen) atoms. The molecule has 1 aliphatic rings. The summed E-state index contributed by atoms with van der Waals surface area (Å²) in [4.78, 5) is 0. The Hall–Kier alpha value is -1.04. The summed E-state index contributed by atoms with van der Waals surface area (Å²) >= 11 is 5.92. The highest BCUT2D eigenvalue weighted by Crippen LogP contribution is 2.27. The van der Waals surface area contributed by atoms with Crippen LogP contribution in [0.3, 0.4) is 0 Å². The summed E-state index contributed by atoms with van der Waals surface area (Å²) in [7, 11) is 0. The van der Waals surface area contributed by atoms with Crippen LogP contribution in [0.1, 0.15) is 23.5 Å². The summed E-state index contributed by atoms with van der Waals surface area (Å²) in [5.41, 5.74) is 1.84. The number of nitrogens with zero attached hydrogens (tertiary/aromatic N) is 1. The van der Waals surface area contributed by atoms with Crippen LogP contribution in [0.25, 0.3) is 0 Å². The number of halogens is 1. The third-order valence-corrected chi connectivity index (χ3v) is 2.87. The van der Waals surface area contributed by atoms with Gasteiger partial charge in [0, 0.05) is 11.6 Å². The van der Waals surface area contributed by atoms with Gasteiger partial charge in [-0.1, -0.05) is 11.6 Å². The van der Waals surface area contributed by atoms with Crippen molar-refractivity contribution in [3.63, 3.8) is 0 Å². The largest absolute Gasteiger partial charge is 0.316 e. The van der Waals surface area contributed by atoms with E-state index in [1.807, 2.05) is 6.07 Å². The highest BCUT2D eigenvalue weighted by molar-refractivity contribution is 6.30. The van der Waals surface area contributed by atoms with E-state index in [2.05, 4.69) is 11.4 Å². The number of hydrogen-bond acceptors (Lipinski definition) is 2. The summed E-state index contributed by atoms with van der Waals surface area (Å²) < 4.78 is 0. The molecule has 0 bridgehead atoms. The van der Waals surface area contributed by atoms with Gasteiger partial charge in [-0.05, 0) is 42.6 Å². The maximum Gasteiger partial charge on any atom is 0.0994 e. The van der Waals surface area contributed by atoms with E-state index in [1.54, 1.807) is 12.1 Å². The molecule has 1 fully saturated rings. The SMILES string of the molecule is N#Cc1ccc(Cl)cc1[C@H]1CCNC1. The number of hydrogen-bond donors (Lipinski definition) is 1. The van der Waals surface area contributed by atoms with Crippen LogP contribution < -0.4 is 5.32 Å². The van der Waals surface area contributed by atoms with Gasteiger partial charge < -0.3 is 5.32 Å². The van der Waals surface area contributed by atoms with Gasteiger partial charge in [-0.3, -0.25) is 0 Å². The summed E-state index contributed by atoms with van der Waals surface area (Å²) in [5, 5.41) is 13.0. The second-order valence-corrected chi connectivity index (χ2v) is 3.97. The summed E-state index contributed by atoms with van der Waals surface area (Å²) in [6, 6.07) is 7.70. The molecule has 1 aromatic carbocycles. The predicted molar refractivity (Wildman–Crippen MR) is 56.4 cm³/mol. The Morgan fingerprint density at radius 2 is 2.36 bits per heavy atom. The molecule has 1 aromatic rings. The summed E-state index contributed by atoms with van der Waals surface area (Å²) in [6.45, 7) is 1.98. The average Bonchev–Trinajstić information content (AvgIpc) is 2.70. The highest BCUT2D eigenvalue weighted by Gasteiger charge is 2.19. The van der Waals surface area contributed by atoms with Gasteiger partial charge in [0.15, 0.2) is 0 Å². The quantitative estimate of drug-likeness (QED) is 0.766. The Kier molecular flexibility index (Phi) is 2.72. The molecule has 72 valence electrons. The van der Waals surface area contributed by atoms with E-state index in [0.717, 1.165) is 30.6 Å². The molecule has 1 aliphatic heterocycles. The van der Waals surface area contributed by atoms with Crippen LogP contribution in [0.2, 0.25) is 5.02 Å². The van der Waals surface area contributed by atoms with Crippen LogP contribution >= 0.6 is 11.6 Å². The normalized spacial score (nSPS) is 20.7. The third-order valence-electron chi connectivity index (χ3n) is 2.63.